The second-order valence-corrected chi connectivity index (χ2v) is 9.16. The second-order valence-electron chi connectivity index (χ2n) is 7.20. The van der Waals surface area contributed by atoms with Crippen molar-refractivity contribution < 1.29 is 22.8 Å². The fourth-order valence-corrected chi connectivity index (χ4v) is 5.64. The lowest BCUT2D eigenvalue weighted by atomic mass is 9.75. The molecule has 0 bridgehead atoms. The van der Waals surface area contributed by atoms with Gasteiger partial charge in [0.05, 0.1) is 21.7 Å². The zero-order chi connectivity index (χ0) is 19.3. The van der Waals surface area contributed by atoms with Gasteiger partial charge in [-0.15, -0.1) is 0 Å². The summed E-state index contributed by atoms with van der Waals surface area (Å²) >= 11 is 0. The number of rotatable bonds is 2. The van der Waals surface area contributed by atoms with Crippen LogP contribution in [0.15, 0.2) is 47.4 Å². The standard InChI is InChI=1S/C18H18FNO5S/c1-18(2)10-26(24,25)15-7-6-12(19)9-14(15)16(17(18)21)11-4-3-5-13(8-11)20(22)23/h3-9,16-17,21H,10H2,1-2H3/t16-,17-/m1/s1. The Morgan fingerprint density at radius 1 is 1.23 bits per heavy atom. The fourth-order valence-electron chi connectivity index (χ4n) is 3.51. The Kier molecular flexibility index (Phi) is 4.36. The highest BCUT2D eigenvalue weighted by Crippen LogP contribution is 2.45. The molecule has 8 heteroatoms. The molecule has 2 aromatic carbocycles. The van der Waals surface area contributed by atoms with Gasteiger partial charge in [-0.1, -0.05) is 26.0 Å². The number of nitrogens with zero attached hydrogens (tertiary/aromatic N) is 1. The van der Waals surface area contributed by atoms with Gasteiger partial charge in [0.25, 0.3) is 5.69 Å². The van der Waals surface area contributed by atoms with Crippen molar-refractivity contribution in [2.75, 3.05) is 5.75 Å². The minimum Gasteiger partial charge on any atom is -0.392 e. The van der Waals surface area contributed by atoms with E-state index in [1.54, 1.807) is 19.9 Å². The van der Waals surface area contributed by atoms with Gasteiger partial charge >= 0.3 is 0 Å². The summed E-state index contributed by atoms with van der Waals surface area (Å²) in [5.41, 5.74) is -0.742. The Morgan fingerprint density at radius 2 is 1.92 bits per heavy atom. The van der Waals surface area contributed by atoms with E-state index < -0.39 is 38.0 Å². The summed E-state index contributed by atoms with van der Waals surface area (Å²) in [6.07, 6.45) is -1.18. The molecule has 0 saturated heterocycles. The van der Waals surface area contributed by atoms with Gasteiger partial charge in [-0.25, -0.2) is 12.8 Å². The maximum Gasteiger partial charge on any atom is 0.269 e. The molecule has 3 rings (SSSR count). The number of sulfone groups is 1. The lowest BCUT2D eigenvalue weighted by molar-refractivity contribution is -0.384. The lowest BCUT2D eigenvalue weighted by Gasteiger charge is -2.33. The first-order chi connectivity index (χ1) is 12.0. The van der Waals surface area contributed by atoms with Crippen LogP contribution in [0.5, 0.6) is 0 Å². The maximum atomic E-state index is 13.9. The molecule has 0 spiro atoms. The van der Waals surface area contributed by atoms with Crippen LogP contribution in [0.1, 0.15) is 30.9 Å². The Labute approximate surface area is 150 Å². The normalized spacial score (nSPS) is 23.7. The summed E-state index contributed by atoms with van der Waals surface area (Å²) < 4.78 is 39.5. The van der Waals surface area contributed by atoms with E-state index >= 15 is 0 Å². The first kappa shape index (κ1) is 18.5. The van der Waals surface area contributed by atoms with E-state index in [2.05, 4.69) is 0 Å². The van der Waals surface area contributed by atoms with Crippen LogP contribution < -0.4 is 0 Å². The zero-order valence-corrected chi connectivity index (χ0v) is 15.0. The second kappa shape index (κ2) is 6.14. The minimum atomic E-state index is -3.76. The van der Waals surface area contributed by atoms with Gasteiger partial charge < -0.3 is 5.11 Å². The number of halogens is 1. The smallest absolute Gasteiger partial charge is 0.269 e. The number of nitro benzene ring substituents is 1. The highest BCUT2D eigenvalue weighted by atomic mass is 32.2. The van der Waals surface area contributed by atoms with Gasteiger partial charge in [0.15, 0.2) is 9.84 Å². The van der Waals surface area contributed by atoms with Gasteiger partial charge in [-0.3, -0.25) is 10.1 Å². The van der Waals surface area contributed by atoms with Crippen LogP contribution in [0.25, 0.3) is 0 Å². The Bertz CT molecular complexity index is 987. The van der Waals surface area contributed by atoms with Gasteiger partial charge in [0.1, 0.15) is 5.82 Å². The van der Waals surface area contributed by atoms with Gasteiger partial charge in [-0.2, -0.15) is 0 Å². The number of benzene rings is 2. The number of nitro groups is 1. The minimum absolute atomic E-state index is 0.0555. The number of hydrogen-bond acceptors (Lipinski definition) is 5. The van der Waals surface area contributed by atoms with Gasteiger partial charge in [-0.05, 0) is 29.3 Å². The molecule has 6 nitrogen and oxygen atoms in total. The fraction of sp³-hybridized carbons (Fsp3) is 0.333. The summed E-state index contributed by atoms with van der Waals surface area (Å²) in [4.78, 5) is 10.5. The van der Waals surface area contributed by atoms with Crippen molar-refractivity contribution >= 4 is 15.5 Å². The molecule has 0 aromatic heterocycles. The molecule has 0 aliphatic carbocycles. The molecule has 1 aliphatic rings. The van der Waals surface area contributed by atoms with E-state index in [9.17, 15) is 28.0 Å². The zero-order valence-electron chi connectivity index (χ0n) is 14.2. The number of non-ortho nitro benzene ring substituents is 1. The summed E-state index contributed by atoms with van der Waals surface area (Å²) in [6, 6.07) is 8.97. The number of aliphatic hydroxyl groups excluding tert-OH is 1. The molecule has 2 aromatic rings. The molecule has 0 radical (unpaired) electrons. The lowest BCUT2D eigenvalue weighted by Crippen LogP contribution is -2.38. The Balaban J connectivity index is 2.32. The van der Waals surface area contributed by atoms with Crippen molar-refractivity contribution in [3.05, 3.63) is 69.5 Å². The molecule has 0 unspecified atom stereocenters. The van der Waals surface area contributed by atoms with Crippen molar-refractivity contribution in [1.82, 2.24) is 0 Å². The maximum absolute atomic E-state index is 13.9. The molecular weight excluding hydrogens is 361 g/mol. The third-order valence-corrected chi connectivity index (χ3v) is 6.93. The van der Waals surface area contributed by atoms with Crippen LogP contribution in [-0.2, 0) is 9.84 Å². The quantitative estimate of drug-likeness (QED) is 0.491. The molecule has 0 saturated carbocycles. The number of hydrogen-bond donors (Lipinski definition) is 1. The number of fused-ring (bicyclic) bond motifs is 1. The van der Waals surface area contributed by atoms with E-state index in [0.717, 1.165) is 12.1 Å². The van der Waals surface area contributed by atoms with E-state index in [4.69, 9.17) is 0 Å². The van der Waals surface area contributed by atoms with Crippen LogP contribution in [-0.4, -0.2) is 30.3 Å². The van der Waals surface area contributed by atoms with Crippen molar-refractivity contribution in [3.63, 3.8) is 0 Å². The predicted octanol–water partition coefficient (Wildman–Crippen LogP) is 3.04. The highest BCUT2D eigenvalue weighted by molar-refractivity contribution is 7.91. The van der Waals surface area contributed by atoms with Crippen LogP contribution in [0.3, 0.4) is 0 Å². The molecule has 2 atom stereocenters. The van der Waals surface area contributed by atoms with Crippen molar-refractivity contribution in [2.24, 2.45) is 5.41 Å². The molecule has 138 valence electrons. The Hall–Kier alpha value is -2.32. The molecular formula is C18H18FNO5S. The highest BCUT2D eigenvalue weighted by Gasteiger charge is 2.45. The first-order valence-corrected chi connectivity index (χ1v) is 9.63. The Morgan fingerprint density at radius 3 is 2.58 bits per heavy atom. The van der Waals surface area contributed by atoms with Gasteiger partial charge in [0.2, 0.25) is 0 Å². The van der Waals surface area contributed by atoms with E-state index in [-0.39, 0.29) is 21.9 Å². The summed E-state index contributed by atoms with van der Waals surface area (Å²) in [7, 11) is -3.76. The topological polar surface area (TPSA) is 97.5 Å². The van der Waals surface area contributed by atoms with Crippen LogP contribution in [0.2, 0.25) is 0 Å². The van der Waals surface area contributed by atoms with E-state index in [0.29, 0.717) is 5.56 Å². The molecule has 1 aliphatic heterocycles. The largest absolute Gasteiger partial charge is 0.392 e. The SMILES string of the molecule is CC1(C)CS(=O)(=O)c2ccc(F)cc2[C@@H](c2cccc([N+](=O)[O-])c2)[C@H]1O. The first-order valence-electron chi connectivity index (χ1n) is 7.97. The number of aliphatic hydroxyl groups is 1. The van der Waals surface area contributed by atoms with Crippen molar-refractivity contribution in [2.45, 2.75) is 30.8 Å². The average molecular weight is 379 g/mol. The van der Waals surface area contributed by atoms with E-state index in [1.807, 2.05) is 0 Å². The predicted molar refractivity (Wildman–Crippen MR) is 93.2 cm³/mol. The monoisotopic (exact) mass is 379 g/mol. The summed E-state index contributed by atoms with van der Waals surface area (Å²) in [5.74, 6) is -1.86. The van der Waals surface area contributed by atoms with Gasteiger partial charge in [0, 0.05) is 23.5 Å². The van der Waals surface area contributed by atoms with Crippen LogP contribution in [0.4, 0.5) is 10.1 Å². The van der Waals surface area contributed by atoms with Crippen molar-refractivity contribution in [1.29, 1.82) is 0 Å². The van der Waals surface area contributed by atoms with Crippen LogP contribution in [0, 0.1) is 21.3 Å². The summed E-state index contributed by atoms with van der Waals surface area (Å²) in [5, 5.41) is 22.1. The third-order valence-electron chi connectivity index (χ3n) is 4.76. The molecule has 0 fully saturated rings. The summed E-state index contributed by atoms with van der Waals surface area (Å²) in [6.45, 7) is 3.23. The molecule has 26 heavy (non-hydrogen) atoms. The van der Waals surface area contributed by atoms with E-state index in [1.165, 1.54) is 24.3 Å². The van der Waals surface area contributed by atoms with Crippen molar-refractivity contribution in [3.8, 4) is 0 Å². The third kappa shape index (κ3) is 3.10. The molecule has 1 N–H and O–H groups in total. The molecule has 0 amide bonds. The van der Waals surface area contributed by atoms with Crippen LogP contribution >= 0.6 is 0 Å². The average Bonchev–Trinajstić information content (AvgIpc) is 2.59. The molecule has 1 heterocycles.